The summed E-state index contributed by atoms with van der Waals surface area (Å²) < 4.78 is 22.9. The molecule has 1 aromatic rings. The van der Waals surface area contributed by atoms with Crippen molar-refractivity contribution in [1.82, 2.24) is 20.9 Å². The second kappa shape index (κ2) is 11.9. The number of carbonyl (C=O) groups is 1. The van der Waals surface area contributed by atoms with Crippen LogP contribution in [0, 0.1) is 0 Å². The molecule has 28 heavy (non-hydrogen) atoms. The van der Waals surface area contributed by atoms with E-state index in [0.717, 1.165) is 10.7 Å². The first-order chi connectivity index (χ1) is 12.8. The van der Waals surface area contributed by atoms with Gasteiger partial charge in [-0.2, -0.15) is 0 Å². The Hall–Kier alpha value is -0.950. The number of nitrogens with zero attached hydrogens (tertiary/aromatic N) is 2. The van der Waals surface area contributed by atoms with Crippen molar-refractivity contribution in [3.8, 4) is 0 Å². The molecule has 1 amide bonds. The number of nitrogens with one attached hydrogen (secondary N) is 3. The highest BCUT2D eigenvalue weighted by Crippen LogP contribution is 2.18. The zero-order valence-corrected chi connectivity index (χ0v) is 20.5. The molecular weight excluding hydrogens is 513 g/mol. The van der Waals surface area contributed by atoms with Gasteiger partial charge in [0, 0.05) is 30.9 Å². The van der Waals surface area contributed by atoms with Crippen LogP contribution < -0.4 is 16.0 Å². The first-order valence-electron chi connectivity index (χ1n) is 9.25. The molecule has 0 aliphatic carbocycles. The van der Waals surface area contributed by atoms with Gasteiger partial charge in [-0.1, -0.05) is 13.8 Å². The van der Waals surface area contributed by atoms with Crippen LogP contribution in [0.5, 0.6) is 0 Å². The van der Waals surface area contributed by atoms with E-state index in [1.807, 2.05) is 6.92 Å². The molecule has 3 N–H and O–H groups in total. The Morgan fingerprint density at radius 2 is 2.14 bits per heavy atom. The lowest BCUT2D eigenvalue weighted by atomic mass is 10.2. The van der Waals surface area contributed by atoms with Gasteiger partial charge in [0.25, 0.3) is 0 Å². The molecule has 1 aliphatic rings. The Morgan fingerprint density at radius 3 is 2.71 bits per heavy atom. The van der Waals surface area contributed by atoms with Crippen molar-refractivity contribution < 1.29 is 13.2 Å². The number of amides is 1. The average molecular weight is 543 g/mol. The Bertz CT molecular complexity index is 765. The quantitative estimate of drug-likeness (QED) is 0.261. The lowest BCUT2D eigenvalue weighted by molar-refractivity contribution is -0.121. The van der Waals surface area contributed by atoms with Crippen molar-refractivity contribution in [3.63, 3.8) is 0 Å². The van der Waals surface area contributed by atoms with E-state index in [1.165, 1.54) is 0 Å². The van der Waals surface area contributed by atoms with Crippen LogP contribution in [0.1, 0.15) is 50.2 Å². The summed E-state index contributed by atoms with van der Waals surface area (Å²) in [7, 11) is -2.98. The molecular formula is C17H30IN5O3S2. The van der Waals surface area contributed by atoms with Gasteiger partial charge in [-0.05, 0) is 19.3 Å². The third-order valence-corrected chi connectivity index (χ3v) is 6.74. The van der Waals surface area contributed by atoms with Crippen LogP contribution in [-0.2, 0) is 21.2 Å². The summed E-state index contributed by atoms with van der Waals surface area (Å²) in [5.74, 6) is 1.08. The fourth-order valence-electron chi connectivity index (χ4n) is 2.65. The standard InChI is InChI=1S/C17H29N5O3S2.HI/c1-4-18-17(20-9-16-22-14(10-26-16)12(2)3)19-7-5-15(23)21-13-6-8-27(24,25)11-13;/h10,12-13H,4-9,11H2,1-3H3,(H,21,23)(H2,18,19,20);1H. The molecule has 11 heteroatoms. The second-order valence-corrected chi connectivity index (χ2v) is 10.0. The summed E-state index contributed by atoms with van der Waals surface area (Å²) in [6, 6.07) is -0.260. The average Bonchev–Trinajstić information content (AvgIpc) is 3.19. The molecule has 0 saturated carbocycles. The molecule has 2 rings (SSSR count). The third-order valence-electron chi connectivity index (χ3n) is 4.12. The zero-order chi connectivity index (χ0) is 19.9. The normalized spacial score (nSPS) is 18.6. The fourth-order valence-corrected chi connectivity index (χ4v) is 5.21. The first-order valence-corrected chi connectivity index (χ1v) is 12.0. The molecule has 2 heterocycles. The maximum atomic E-state index is 12.0. The molecule has 1 unspecified atom stereocenters. The van der Waals surface area contributed by atoms with Gasteiger partial charge in [0.2, 0.25) is 5.91 Å². The number of halogens is 1. The second-order valence-electron chi connectivity index (χ2n) is 6.86. The van der Waals surface area contributed by atoms with Crippen molar-refractivity contribution >= 4 is 57.0 Å². The van der Waals surface area contributed by atoms with Crippen LogP contribution >= 0.6 is 35.3 Å². The minimum atomic E-state index is -2.98. The smallest absolute Gasteiger partial charge is 0.222 e. The lowest BCUT2D eigenvalue weighted by Gasteiger charge is -2.13. The minimum absolute atomic E-state index is 0. The number of hydrogen-bond donors (Lipinski definition) is 3. The Balaban J connectivity index is 0.00000392. The summed E-state index contributed by atoms with van der Waals surface area (Å²) >= 11 is 1.60. The Labute approximate surface area is 188 Å². The van der Waals surface area contributed by atoms with Gasteiger partial charge in [0.1, 0.15) is 5.01 Å². The van der Waals surface area contributed by atoms with Crippen LogP contribution in [0.2, 0.25) is 0 Å². The number of thiazole rings is 1. The van der Waals surface area contributed by atoms with Crippen molar-refractivity contribution in [3.05, 3.63) is 16.1 Å². The summed E-state index contributed by atoms with van der Waals surface area (Å²) in [4.78, 5) is 21.0. The maximum absolute atomic E-state index is 12.0. The highest BCUT2D eigenvalue weighted by atomic mass is 127. The summed E-state index contributed by atoms with van der Waals surface area (Å²) in [6.07, 6.45) is 0.757. The molecule has 1 saturated heterocycles. The molecule has 1 aliphatic heterocycles. The van der Waals surface area contributed by atoms with E-state index in [1.54, 1.807) is 11.3 Å². The van der Waals surface area contributed by atoms with Gasteiger partial charge >= 0.3 is 0 Å². The van der Waals surface area contributed by atoms with E-state index in [9.17, 15) is 13.2 Å². The summed E-state index contributed by atoms with van der Waals surface area (Å²) in [6.45, 7) is 7.82. The van der Waals surface area contributed by atoms with Gasteiger partial charge in [0.15, 0.2) is 15.8 Å². The molecule has 0 spiro atoms. The van der Waals surface area contributed by atoms with Crippen molar-refractivity contribution in [2.45, 2.75) is 52.1 Å². The van der Waals surface area contributed by atoms with E-state index in [2.05, 4.69) is 45.2 Å². The van der Waals surface area contributed by atoms with Gasteiger partial charge < -0.3 is 16.0 Å². The topological polar surface area (TPSA) is 113 Å². The van der Waals surface area contributed by atoms with E-state index in [0.29, 0.717) is 37.9 Å². The predicted molar refractivity (Wildman–Crippen MR) is 124 cm³/mol. The molecule has 160 valence electrons. The SMILES string of the molecule is CCNC(=NCc1nc(C(C)C)cs1)NCCC(=O)NC1CCS(=O)(=O)C1.I. The molecule has 1 aromatic heterocycles. The Kier molecular flexibility index (Phi) is 10.7. The van der Waals surface area contributed by atoms with E-state index >= 15 is 0 Å². The van der Waals surface area contributed by atoms with Gasteiger partial charge in [0.05, 0.1) is 23.7 Å². The molecule has 8 nitrogen and oxygen atoms in total. The maximum Gasteiger partial charge on any atom is 0.222 e. The monoisotopic (exact) mass is 543 g/mol. The fraction of sp³-hybridized carbons (Fsp3) is 0.706. The number of carbonyl (C=O) groups excluding carboxylic acids is 1. The van der Waals surface area contributed by atoms with Crippen LogP contribution in [0.3, 0.4) is 0 Å². The summed E-state index contributed by atoms with van der Waals surface area (Å²) in [5, 5.41) is 12.1. The third kappa shape index (κ3) is 8.60. The van der Waals surface area contributed by atoms with Gasteiger partial charge in [-0.3, -0.25) is 4.79 Å². The molecule has 1 atom stereocenters. The van der Waals surface area contributed by atoms with E-state index in [-0.39, 0.29) is 53.9 Å². The lowest BCUT2D eigenvalue weighted by Crippen LogP contribution is -2.41. The highest BCUT2D eigenvalue weighted by Gasteiger charge is 2.28. The summed E-state index contributed by atoms with van der Waals surface area (Å²) in [5.41, 5.74) is 1.08. The van der Waals surface area contributed by atoms with Gasteiger partial charge in [-0.15, -0.1) is 35.3 Å². The van der Waals surface area contributed by atoms with Crippen molar-refractivity contribution in [1.29, 1.82) is 0 Å². The Morgan fingerprint density at radius 1 is 1.39 bits per heavy atom. The molecule has 0 radical (unpaired) electrons. The van der Waals surface area contributed by atoms with Gasteiger partial charge in [-0.25, -0.2) is 18.4 Å². The van der Waals surface area contributed by atoms with Crippen molar-refractivity contribution in [2.24, 2.45) is 4.99 Å². The van der Waals surface area contributed by atoms with Crippen LogP contribution in [0.25, 0.3) is 0 Å². The van der Waals surface area contributed by atoms with Crippen molar-refractivity contribution in [2.75, 3.05) is 24.6 Å². The van der Waals surface area contributed by atoms with E-state index in [4.69, 9.17) is 0 Å². The highest BCUT2D eigenvalue weighted by molar-refractivity contribution is 14.0. The number of rotatable bonds is 8. The van der Waals surface area contributed by atoms with E-state index < -0.39 is 9.84 Å². The van der Waals surface area contributed by atoms with Crippen LogP contribution in [0.4, 0.5) is 0 Å². The minimum Gasteiger partial charge on any atom is -0.357 e. The predicted octanol–water partition coefficient (Wildman–Crippen LogP) is 1.63. The zero-order valence-electron chi connectivity index (χ0n) is 16.5. The number of guanidine groups is 1. The number of aromatic nitrogens is 1. The first kappa shape index (κ1) is 25.1. The number of aliphatic imine (C=N–C) groups is 1. The molecule has 0 bridgehead atoms. The molecule has 0 aromatic carbocycles. The van der Waals surface area contributed by atoms with Crippen LogP contribution in [-0.4, -0.2) is 55.9 Å². The molecule has 1 fully saturated rings. The number of hydrogen-bond acceptors (Lipinski definition) is 6. The van der Waals surface area contributed by atoms with Crippen LogP contribution in [0.15, 0.2) is 10.4 Å². The largest absolute Gasteiger partial charge is 0.357 e. The number of sulfone groups is 1.